The SMILES string of the molecule is BrC1=NO[C@]2(C1)C[C@H]1CC[C@@H](C2)N1. The Bertz CT molecular complexity index is 254. The number of halogens is 1. The summed E-state index contributed by atoms with van der Waals surface area (Å²) in [5.74, 6) is 0. The van der Waals surface area contributed by atoms with Crippen molar-refractivity contribution >= 4 is 20.6 Å². The molecule has 2 bridgehead atoms. The van der Waals surface area contributed by atoms with Crippen LogP contribution in [0.2, 0.25) is 0 Å². The summed E-state index contributed by atoms with van der Waals surface area (Å²) in [5, 5.41) is 7.63. The molecule has 2 saturated heterocycles. The van der Waals surface area contributed by atoms with Crippen molar-refractivity contribution in [2.24, 2.45) is 5.16 Å². The van der Waals surface area contributed by atoms with Gasteiger partial charge in [0, 0.05) is 31.3 Å². The highest BCUT2D eigenvalue weighted by Gasteiger charge is 2.48. The van der Waals surface area contributed by atoms with Crippen molar-refractivity contribution in [3.05, 3.63) is 0 Å². The van der Waals surface area contributed by atoms with Crippen molar-refractivity contribution in [1.82, 2.24) is 5.32 Å². The van der Waals surface area contributed by atoms with Crippen LogP contribution in [0, 0.1) is 0 Å². The van der Waals surface area contributed by atoms with Crippen molar-refractivity contribution in [3.63, 3.8) is 0 Å². The lowest BCUT2D eigenvalue weighted by atomic mass is 9.85. The molecule has 13 heavy (non-hydrogen) atoms. The van der Waals surface area contributed by atoms with Gasteiger partial charge in [0.2, 0.25) is 0 Å². The largest absolute Gasteiger partial charge is 0.388 e. The molecule has 3 nitrogen and oxygen atoms in total. The number of nitrogens with zero attached hydrogens (tertiary/aromatic N) is 1. The number of nitrogens with one attached hydrogen (secondary N) is 1. The normalized spacial score (nSPS) is 47.9. The third-order valence-corrected chi connectivity index (χ3v) is 3.80. The second-order valence-corrected chi connectivity index (χ2v) is 5.38. The Morgan fingerprint density at radius 2 is 2.08 bits per heavy atom. The van der Waals surface area contributed by atoms with Gasteiger partial charge in [-0.2, -0.15) is 0 Å². The van der Waals surface area contributed by atoms with Gasteiger partial charge in [0.05, 0.1) is 0 Å². The zero-order chi connectivity index (χ0) is 8.89. The minimum Gasteiger partial charge on any atom is -0.388 e. The van der Waals surface area contributed by atoms with Gasteiger partial charge in [-0.1, -0.05) is 5.16 Å². The minimum absolute atomic E-state index is 0.0376. The Labute approximate surface area is 86.0 Å². The van der Waals surface area contributed by atoms with Crippen LogP contribution < -0.4 is 5.32 Å². The predicted molar refractivity (Wildman–Crippen MR) is 54.0 cm³/mol. The number of fused-ring (bicyclic) bond motifs is 2. The van der Waals surface area contributed by atoms with Crippen LogP contribution in [0.5, 0.6) is 0 Å². The van der Waals surface area contributed by atoms with Crippen molar-refractivity contribution in [3.8, 4) is 0 Å². The van der Waals surface area contributed by atoms with Gasteiger partial charge in [-0.05, 0) is 28.8 Å². The number of hydrogen-bond donors (Lipinski definition) is 1. The number of oxime groups is 1. The van der Waals surface area contributed by atoms with E-state index >= 15 is 0 Å². The molecule has 3 heterocycles. The minimum atomic E-state index is 0.0376. The van der Waals surface area contributed by atoms with E-state index in [0.717, 1.165) is 23.9 Å². The van der Waals surface area contributed by atoms with Gasteiger partial charge in [0.25, 0.3) is 0 Å². The van der Waals surface area contributed by atoms with Crippen LogP contribution in [-0.4, -0.2) is 22.3 Å². The predicted octanol–water partition coefficient (Wildman–Crippen LogP) is 1.77. The first-order valence-corrected chi connectivity index (χ1v) is 5.72. The Morgan fingerprint density at radius 3 is 2.62 bits per heavy atom. The first-order chi connectivity index (χ1) is 6.26. The summed E-state index contributed by atoms with van der Waals surface area (Å²) in [6.45, 7) is 0. The van der Waals surface area contributed by atoms with E-state index in [1.165, 1.54) is 12.8 Å². The van der Waals surface area contributed by atoms with Crippen molar-refractivity contribution < 1.29 is 4.84 Å². The molecule has 0 saturated carbocycles. The van der Waals surface area contributed by atoms with Gasteiger partial charge in [-0.25, -0.2) is 0 Å². The molecule has 1 spiro atoms. The van der Waals surface area contributed by atoms with Gasteiger partial charge in [0.1, 0.15) is 10.2 Å². The maximum Gasteiger partial charge on any atom is 0.146 e. The first kappa shape index (κ1) is 8.24. The first-order valence-electron chi connectivity index (χ1n) is 4.92. The molecule has 0 amide bonds. The zero-order valence-electron chi connectivity index (χ0n) is 7.42. The van der Waals surface area contributed by atoms with E-state index in [2.05, 4.69) is 26.4 Å². The maximum atomic E-state index is 5.58. The van der Waals surface area contributed by atoms with E-state index in [0.29, 0.717) is 12.1 Å². The monoisotopic (exact) mass is 244 g/mol. The van der Waals surface area contributed by atoms with Crippen molar-refractivity contribution in [1.29, 1.82) is 0 Å². The van der Waals surface area contributed by atoms with Gasteiger partial charge >= 0.3 is 0 Å². The van der Waals surface area contributed by atoms with Gasteiger partial charge in [-0.15, -0.1) is 0 Å². The molecule has 3 rings (SSSR count). The van der Waals surface area contributed by atoms with Crippen LogP contribution in [0.3, 0.4) is 0 Å². The molecule has 4 heteroatoms. The van der Waals surface area contributed by atoms with E-state index in [1.54, 1.807) is 0 Å². The summed E-state index contributed by atoms with van der Waals surface area (Å²) >= 11 is 3.41. The maximum absolute atomic E-state index is 5.58. The van der Waals surface area contributed by atoms with Gasteiger partial charge < -0.3 is 10.2 Å². The quantitative estimate of drug-likeness (QED) is 0.705. The lowest BCUT2D eigenvalue weighted by Gasteiger charge is -2.35. The number of rotatable bonds is 0. The molecular weight excluding hydrogens is 232 g/mol. The van der Waals surface area contributed by atoms with E-state index < -0.39 is 0 Å². The molecular formula is C9H13BrN2O. The van der Waals surface area contributed by atoms with Gasteiger partial charge in [0.15, 0.2) is 0 Å². The summed E-state index contributed by atoms with van der Waals surface area (Å²) in [6.07, 6.45) is 5.85. The highest BCUT2D eigenvalue weighted by Crippen LogP contribution is 2.42. The van der Waals surface area contributed by atoms with Crippen LogP contribution in [0.15, 0.2) is 5.16 Å². The van der Waals surface area contributed by atoms with Crippen LogP contribution >= 0.6 is 15.9 Å². The van der Waals surface area contributed by atoms with E-state index in [9.17, 15) is 0 Å². The van der Waals surface area contributed by atoms with E-state index in [-0.39, 0.29) is 5.60 Å². The summed E-state index contributed by atoms with van der Waals surface area (Å²) in [4.78, 5) is 5.58. The van der Waals surface area contributed by atoms with E-state index in [4.69, 9.17) is 4.84 Å². The molecule has 1 N–H and O–H groups in total. The molecule has 0 radical (unpaired) electrons. The Kier molecular flexibility index (Phi) is 1.71. The molecule has 3 aliphatic rings. The average molecular weight is 245 g/mol. The Hall–Kier alpha value is -0.0900. The van der Waals surface area contributed by atoms with E-state index in [1.807, 2.05) is 0 Å². The second kappa shape index (κ2) is 2.70. The summed E-state index contributed by atoms with van der Waals surface area (Å²) in [5.41, 5.74) is 0.0376. The number of hydrogen-bond acceptors (Lipinski definition) is 3. The average Bonchev–Trinajstić information content (AvgIpc) is 2.58. The summed E-state index contributed by atoms with van der Waals surface area (Å²) < 4.78 is 0.980. The second-order valence-electron chi connectivity index (χ2n) is 4.46. The fraction of sp³-hybridized carbons (Fsp3) is 0.889. The highest BCUT2D eigenvalue weighted by molar-refractivity contribution is 9.18. The third kappa shape index (κ3) is 1.31. The Morgan fingerprint density at radius 1 is 1.38 bits per heavy atom. The topological polar surface area (TPSA) is 33.6 Å². The Balaban J connectivity index is 1.79. The lowest BCUT2D eigenvalue weighted by molar-refractivity contribution is -0.0524. The molecule has 0 aromatic rings. The molecule has 0 aromatic carbocycles. The third-order valence-electron chi connectivity index (χ3n) is 3.38. The van der Waals surface area contributed by atoms with Gasteiger partial charge in [-0.3, -0.25) is 0 Å². The molecule has 72 valence electrons. The molecule has 3 atom stereocenters. The smallest absolute Gasteiger partial charge is 0.146 e. The fourth-order valence-corrected chi connectivity index (χ4v) is 3.48. The van der Waals surface area contributed by atoms with Crippen LogP contribution in [0.25, 0.3) is 0 Å². The fourth-order valence-electron chi connectivity index (χ4n) is 2.90. The number of piperidine rings is 1. The lowest BCUT2D eigenvalue weighted by Crippen LogP contribution is -2.48. The molecule has 0 aromatic heterocycles. The zero-order valence-corrected chi connectivity index (χ0v) is 9.01. The molecule has 0 unspecified atom stereocenters. The molecule has 2 fully saturated rings. The standard InChI is InChI=1S/C9H13BrN2O/c10-8-5-9(13-12-8)3-6-1-2-7(4-9)11-6/h6-7,11H,1-5H2/t6-,7+,9-. The van der Waals surface area contributed by atoms with Crippen molar-refractivity contribution in [2.45, 2.75) is 49.8 Å². The van der Waals surface area contributed by atoms with Crippen molar-refractivity contribution in [2.75, 3.05) is 0 Å². The molecule has 0 aliphatic carbocycles. The van der Waals surface area contributed by atoms with Crippen LogP contribution in [0.4, 0.5) is 0 Å². The summed E-state index contributed by atoms with van der Waals surface area (Å²) in [6, 6.07) is 1.35. The molecule has 3 aliphatic heterocycles. The summed E-state index contributed by atoms with van der Waals surface area (Å²) in [7, 11) is 0. The van der Waals surface area contributed by atoms with Crippen LogP contribution in [0.1, 0.15) is 32.1 Å². The highest BCUT2D eigenvalue weighted by atomic mass is 79.9. The van der Waals surface area contributed by atoms with Crippen LogP contribution in [-0.2, 0) is 4.84 Å².